The average molecular weight is 340 g/mol. The molecule has 7 heteroatoms. The zero-order valence-electron chi connectivity index (χ0n) is 13.2. The molecule has 1 aliphatic carbocycles. The van der Waals surface area contributed by atoms with Gasteiger partial charge in [-0.2, -0.15) is 0 Å². The number of aromatic nitrogens is 1. The van der Waals surface area contributed by atoms with Gasteiger partial charge in [0.15, 0.2) is 5.78 Å². The van der Waals surface area contributed by atoms with Crippen LogP contribution in [-0.2, 0) is 6.42 Å². The number of hydrogen-bond donors (Lipinski definition) is 2. The molecule has 1 aliphatic heterocycles. The molecule has 2 heterocycles. The van der Waals surface area contributed by atoms with Gasteiger partial charge in [0, 0.05) is 36.8 Å². The Balaban J connectivity index is 0.00000192. The molecule has 1 unspecified atom stereocenters. The Morgan fingerprint density at radius 2 is 2.09 bits per heavy atom. The van der Waals surface area contributed by atoms with E-state index in [1.165, 1.54) is 6.07 Å². The van der Waals surface area contributed by atoms with Crippen molar-refractivity contribution in [2.24, 2.45) is 0 Å². The van der Waals surface area contributed by atoms with Gasteiger partial charge in [0.2, 0.25) is 0 Å². The van der Waals surface area contributed by atoms with Gasteiger partial charge < -0.3 is 15.2 Å². The fraction of sp³-hybridized carbons (Fsp3) is 0.562. The van der Waals surface area contributed by atoms with E-state index in [0.717, 1.165) is 19.3 Å². The first-order valence-electron chi connectivity index (χ1n) is 7.86. The molecule has 1 aromatic rings. The van der Waals surface area contributed by atoms with Crippen molar-refractivity contribution >= 4 is 24.1 Å². The van der Waals surface area contributed by atoms with Gasteiger partial charge in [-0.05, 0) is 38.8 Å². The van der Waals surface area contributed by atoms with E-state index in [9.17, 15) is 14.4 Å². The molecule has 0 saturated carbocycles. The minimum atomic E-state index is -0.384. The van der Waals surface area contributed by atoms with E-state index in [4.69, 9.17) is 0 Å². The van der Waals surface area contributed by atoms with Crippen LogP contribution in [0, 0.1) is 0 Å². The number of aryl methyl sites for hydroxylation is 1. The van der Waals surface area contributed by atoms with Crippen molar-refractivity contribution in [1.29, 1.82) is 0 Å². The number of ketones is 1. The number of nitrogens with one attached hydrogen (secondary N) is 2. The fourth-order valence-corrected chi connectivity index (χ4v) is 3.30. The van der Waals surface area contributed by atoms with Gasteiger partial charge in [0.1, 0.15) is 5.56 Å². The van der Waals surface area contributed by atoms with Crippen molar-refractivity contribution in [3.8, 4) is 0 Å². The monoisotopic (exact) mass is 339 g/mol. The minimum Gasteiger partial charge on any atom is -0.337 e. The number of nitrogens with zero attached hydrogens (tertiary/aromatic N) is 1. The first-order valence-corrected chi connectivity index (χ1v) is 7.86. The normalized spacial score (nSPS) is 20.7. The molecular weight excluding hydrogens is 318 g/mol. The summed E-state index contributed by atoms with van der Waals surface area (Å²) in [6, 6.07) is 1.76. The van der Waals surface area contributed by atoms with E-state index in [-0.39, 0.29) is 41.3 Å². The van der Waals surface area contributed by atoms with Gasteiger partial charge in [0.05, 0.1) is 0 Å². The van der Waals surface area contributed by atoms with Crippen LogP contribution < -0.4 is 10.9 Å². The Hall–Kier alpha value is -1.66. The molecule has 1 amide bonds. The Morgan fingerprint density at radius 1 is 1.30 bits per heavy atom. The van der Waals surface area contributed by atoms with Gasteiger partial charge in [-0.1, -0.05) is 0 Å². The summed E-state index contributed by atoms with van der Waals surface area (Å²) >= 11 is 0. The summed E-state index contributed by atoms with van der Waals surface area (Å²) in [4.78, 5) is 41.3. The van der Waals surface area contributed by atoms with Crippen LogP contribution in [0.4, 0.5) is 0 Å². The molecule has 2 N–H and O–H groups in total. The summed E-state index contributed by atoms with van der Waals surface area (Å²) in [6.45, 7) is 1.25. The lowest BCUT2D eigenvalue weighted by atomic mass is 9.93. The Bertz CT molecular complexity index is 671. The van der Waals surface area contributed by atoms with Gasteiger partial charge >= 0.3 is 0 Å². The molecule has 1 saturated heterocycles. The summed E-state index contributed by atoms with van der Waals surface area (Å²) in [5.74, 6) is -0.263. The van der Waals surface area contributed by atoms with Crippen molar-refractivity contribution in [2.75, 3.05) is 20.1 Å². The number of H-pyrrole nitrogens is 1. The van der Waals surface area contributed by atoms with Crippen molar-refractivity contribution in [3.05, 3.63) is 33.2 Å². The number of likely N-dealkylation sites (N-methyl/N-ethyl adjacent to an activating group) is 1. The molecule has 0 spiro atoms. The second-order valence-corrected chi connectivity index (χ2v) is 6.06. The second kappa shape index (κ2) is 7.27. The molecule has 23 heavy (non-hydrogen) atoms. The van der Waals surface area contributed by atoms with Gasteiger partial charge in [-0.3, -0.25) is 14.4 Å². The zero-order valence-corrected chi connectivity index (χ0v) is 14.0. The summed E-state index contributed by atoms with van der Waals surface area (Å²) in [6.07, 6.45) is 3.87. The quantitative estimate of drug-likeness (QED) is 0.846. The predicted molar refractivity (Wildman–Crippen MR) is 89.6 cm³/mol. The number of carbonyl (C=O) groups excluding carboxylic acids is 2. The maximum Gasteiger partial charge on any atom is 0.261 e. The van der Waals surface area contributed by atoms with E-state index in [1.54, 1.807) is 4.90 Å². The molecule has 2 aliphatic rings. The van der Waals surface area contributed by atoms with Gasteiger partial charge in [0.25, 0.3) is 11.5 Å². The SMILES string of the molecule is CNC1CCCN(C(=O)c2cc3c([nH]c2=O)CCCC3=O)C1.Cl. The first kappa shape index (κ1) is 17.7. The lowest BCUT2D eigenvalue weighted by Gasteiger charge is -2.32. The molecule has 126 valence electrons. The number of hydrogen-bond acceptors (Lipinski definition) is 4. The Labute approximate surface area is 141 Å². The summed E-state index contributed by atoms with van der Waals surface area (Å²) in [7, 11) is 1.88. The van der Waals surface area contributed by atoms with Gasteiger partial charge in [-0.15, -0.1) is 12.4 Å². The fourth-order valence-electron chi connectivity index (χ4n) is 3.30. The maximum atomic E-state index is 12.6. The molecule has 0 bridgehead atoms. The van der Waals surface area contributed by atoms with Crippen LogP contribution in [-0.4, -0.2) is 47.8 Å². The lowest BCUT2D eigenvalue weighted by Crippen LogP contribution is -2.48. The summed E-state index contributed by atoms with van der Waals surface area (Å²) in [5.41, 5.74) is 0.886. The maximum absolute atomic E-state index is 12.6. The van der Waals surface area contributed by atoms with Crippen LogP contribution in [0.25, 0.3) is 0 Å². The summed E-state index contributed by atoms with van der Waals surface area (Å²) in [5, 5.41) is 3.18. The Morgan fingerprint density at radius 3 is 2.83 bits per heavy atom. The van der Waals surface area contributed by atoms with Crippen molar-refractivity contribution in [3.63, 3.8) is 0 Å². The lowest BCUT2D eigenvalue weighted by molar-refractivity contribution is 0.0696. The molecule has 1 fully saturated rings. The number of piperidine rings is 1. The molecule has 0 aromatic carbocycles. The predicted octanol–water partition coefficient (Wildman–Crippen LogP) is 1.14. The zero-order chi connectivity index (χ0) is 15.7. The molecule has 1 atom stereocenters. The number of Topliss-reactive ketones (excluding diaryl/α,β-unsaturated/α-hetero) is 1. The van der Waals surface area contributed by atoms with E-state index < -0.39 is 0 Å². The van der Waals surface area contributed by atoms with Crippen LogP contribution >= 0.6 is 12.4 Å². The van der Waals surface area contributed by atoms with Crippen LogP contribution in [0.1, 0.15) is 52.1 Å². The largest absolute Gasteiger partial charge is 0.337 e. The minimum absolute atomic E-state index is 0. The number of carbonyl (C=O) groups is 2. The van der Waals surface area contributed by atoms with E-state index in [2.05, 4.69) is 10.3 Å². The molecule has 3 rings (SSSR count). The van der Waals surface area contributed by atoms with E-state index in [1.807, 2.05) is 7.05 Å². The van der Waals surface area contributed by atoms with Crippen molar-refractivity contribution in [2.45, 2.75) is 38.1 Å². The third-order valence-electron chi connectivity index (χ3n) is 4.60. The topological polar surface area (TPSA) is 82.3 Å². The van der Waals surface area contributed by atoms with Crippen LogP contribution in [0.2, 0.25) is 0 Å². The third kappa shape index (κ3) is 3.48. The highest BCUT2D eigenvalue weighted by atomic mass is 35.5. The molecule has 6 nitrogen and oxygen atoms in total. The van der Waals surface area contributed by atoms with Crippen LogP contribution in [0.15, 0.2) is 10.9 Å². The number of fused-ring (bicyclic) bond motifs is 1. The van der Waals surface area contributed by atoms with Crippen LogP contribution in [0.3, 0.4) is 0 Å². The highest BCUT2D eigenvalue weighted by Gasteiger charge is 2.27. The van der Waals surface area contributed by atoms with E-state index >= 15 is 0 Å². The highest BCUT2D eigenvalue weighted by Crippen LogP contribution is 2.20. The van der Waals surface area contributed by atoms with Gasteiger partial charge in [-0.25, -0.2) is 0 Å². The van der Waals surface area contributed by atoms with Crippen molar-refractivity contribution < 1.29 is 9.59 Å². The second-order valence-electron chi connectivity index (χ2n) is 6.06. The average Bonchev–Trinajstić information content (AvgIpc) is 2.54. The smallest absolute Gasteiger partial charge is 0.261 e. The number of pyridine rings is 1. The van der Waals surface area contributed by atoms with Crippen molar-refractivity contribution in [1.82, 2.24) is 15.2 Å². The number of rotatable bonds is 2. The molecule has 1 aromatic heterocycles. The molecule has 0 radical (unpaired) electrons. The summed E-state index contributed by atoms with van der Waals surface area (Å²) < 4.78 is 0. The number of halogens is 1. The Kier molecular flexibility index (Phi) is 5.59. The van der Waals surface area contributed by atoms with E-state index in [0.29, 0.717) is 37.2 Å². The third-order valence-corrected chi connectivity index (χ3v) is 4.60. The number of aromatic amines is 1. The number of amides is 1. The van der Waals surface area contributed by atoms with Crippen LogP contribution in [0.5, 0.6) is 0 Å². The standard InChI is InChI=1S/C16H21N3O3.ClH/c1-17-10-4-3-7-19(9-10)16(22)12-8-11-13(18-15(12)21)5-2-6-14(11)20;/h8,10,17H,2-7,9H2,1H3,(H,18,21);1H. The number of likely N-dealkylation sites (tertiary alicyclic amines) is 1. The highest BCUT2D eigenvalue weighted by molar-refractivity contribution is 6.01. The molecular formula is C16H22ClN3O3. The first-order chi connectivity index (χ1) is 10.6.